The first-order valence-electron chi connectivity index (χ1n) is 8.10. The molecular formula is C18H17FN4O3S. The fourth-order valence-corrected chi connectivity index (χ4v) is 3.40. The monoisotopic (exact) mass is 388 g/mol. The lowest BCUT2D eigenvalue weighted by Crippen LogP contribution is -2.34. The van der Waals surface area contributed by atoms with Gasteiger partial charge in [0.15, 0.2) is 0 Å². The highest BCUT2D eigenvalue weighted by molar-refractivity contribution is 7.89. The van der Waals surface area contributed by atoms with E-state index in [9.17, 15) is 17.6 Å². The van der Waals surface area contributed by atoms with Crippen LogP contribution in [0.5, 0.6) is 0 Å². The van der Waals surface area contributed by atoms with Crippen molar-refractivity contribution in [3.63, 3.8) is 0 Å². The van der Waals surface area contributed by atoms with Crippen molar-refractivity contribution in [1.82, 2.24) is 20.2 Å². The quantitative estimate of drug-likeness (QED) is 0.538. The van der Waals surface area contributed by atoms with Crippen LogP contribution in [0.15, 0.2) is 65.6 Å². The number of nitrogens with one attached hydrogen (secondary N) is 3. The average Bonchev–Trinajstić information content (AvgIpc) is 3.17. The third kappa shape index (κ3) is 4.78. The molecule has 0 saturated heterocycles. The summed E-state index contributed by atoms with van der Waals surface area (Å²) in [6.45, 7) is 0.151. The molecule has 0 spiro atoms. The molecule has 0 radical (unpaired) electrons. The van der Waals surface area contributed by atoms with Crippen LogP contribution in [0.25, 0.3) is 11.3 Å². The van der Waals surface area contributed by atoms with Crippen LogP contribution in [0.2, 0.25) is 0 Å². The molecule has 2 aromatic carbocycles. The van der Waals surface area contributed by atoms with Gasteiger partial charge in [0.05, 0.1) is 10.6 Å². The molecule has 27 heavy (non-hydrogen) atoms. The van der Waals surface area contributed by atoms with Crippen LogP contribution in [0.4, 0.5) is 4.39 Å². The van der Waals surface area contributed by atoms with E-state index < -0.39 is 15.9 Å². The van der Waals surface area contributed by atoms with Crippen molar-refractivity contribution in [2.75, 3.05) is 13.1 Å². The minimum absolute atomic E-state index is 0.0436. The molecule has 7 nitrogen and oxygen atoms in total. The van der Waals surface area contributed by atoms with Crippen LogP contribution >= 0.6 is 0 Å². The summed E-state index contributed by atoms with van der Waals surface area (Å²) < 4.78 is 39.5. The first-order valence-corrected chi connectivity index (χ1v) is 9.58. The van der Waals surface area contributed by atoms with E-state index in [2.05, 4.69) is 20.2 Å². The van der Waals surface area contributed by atoms with E-state index in [4.69, 9.17) is 0 Å². The Morgan fingerprint density at radius 1 is 1.04 bits per heavy atom. The molecule has 0 saturated carbocycles. The SMILES string of the molecule is O=C(NCCNS(=O)(=O)c1ccccc1)c1cc(-c2ccc(F)cc2)n[nH]1. The zero-order valence-corrected chi connectivity index (χ0v) is 15.0. The number of aromatic amines is 1. The Morgan fingerprint density at radius 3 is 2.44 bits per heavy atom. The Morgan fingerprint density at radius 2 is 1.74 bits per heavy atom. The van der Waals surface area contributed by atoms with Gasteiger partial charge in [0.2, 0.25) is 10.0 Å². The molecule has 0 atom stereocenters. The number of aromatic nitrogens is 2. The van der Waals surface area contributed by atoms with Crippen LogP contribution in [0.1, 0.15) is 10.5 Å². The minimum Gasteiger partial charge on any atom is -0.349 e. The maximum absolute atomic E-state index is 13.0. The van der Waals surface area contributed by atoms with Gasteiger partial charge in [0, 0.05) is 18.7 Å². The molecular weight excluding hydrogens is 371 g/mol. The van der Waals surface area contributed by atoms with Gasteiger partial charge in [-0.15, -0.1) is 0 Å². The zero-order valence-electron chi connectivity index (χ0n) is 14.1. The van der Waals surface area contributed by atoms with Crippen LogP contribution in [0, 0.1) is 5.82 Å². The van der Waals surface area contributed by atoms with E-state index in [1.807, 2.05) is 0 Å². The number of halogens is 1. The van der Waals surface area contributed by atoms with Crippen LogP contribution in [-0.2, 0) is 10.0 Å². The predicted molar refractivity (Wildman–Crippen MR) is 97.9 cm³/mol. The van der Waals surface area contributed by atoms with E-state index in [1.54, 1.807) is 30.3 Å². The van der Waals surface area contributed by atoms with Gasteiger partial charge in [0.1, 0.15) is 11.5 Å². The first-order chi connectivity index (χ1) is 13.0. The van der Waals surface area contributed by atoms with Crippen molar-refractivity contribution in [3.05, 3.63) is 72.2 Å². The van der Waals surface area contributed by atoms with Crippen LogP contribution < -0.4 is 10.0 Å². The van der Waals surface area contributed by atoms with Gasteiger partial charge in [-0.2, -0.15) is 5.10 Å². The summed E-state index contributed by atoms with van der Waals surface area (Å²) in [4.78, 5) is 12.3. The number of amides is 1. The Kier molecular flexibility index (Phi) is 5.63. The lowest BCUT2D eigenvalue weighted by molar-refractivity contribution is 0.0949. The second-order valence-corrected chi connectivity index (χ2v) is 7.41. The van der Waals surface area contributed by atoms with Gasteiger partial charge in [-0.1, -0.05) is 18.2 Å². The summed E-state index contributed by atoms with van der Waals surface area (Å²) >= 11 is 0. The number of benzene rings is 2. The molecule has 1 amide bonds. The van der Waals surface area contributed by atoms with E-state index in [0.717, 1.165) is 0 Å². The summed E-state index contributed by atoms with van der Waals surface area (Å²) in [5.41, 5.74) is 1.40. The summed E-state index contributed by atoms with van der Waals surface area (Å²) in [7, 11) is -3.61. The normalized spacial score (nSPS) is 11.3. The van der Waals surface area contributed by atoms with Crippen molar-refractivity contribution in [2.24, 2.45) is 0 Å². The zero-order chi connectivity index (χ0) is 19.3. The fraction of sp³-hybridized carbons (Fsp3) is 0.111. The Bertz CT molecular complexity index is 1020. The highest BCUT2D eigenvalue weighted by Crippen LogP contribution is 2.17. The minimum atomic E-state index is -3.61. The summed E-state index contributed by atoms with van der Waals surface area (Å²) in [5.74, 6) is -0.778. The van der Waals surface area contributed by atoms with Crippen molar-refractivity contribution < 1.29 is 17.6 Å². The molecule has 1 aromatic heterocycles. The molecule has 0 fully saturated rings. The van der Waals surface area contributed by atoms with Gasteiger partial charge in [-0.3, -0.25) is 9.89 Å². The van der Waals surface area contributed by atoms with Crippen molar-refractivity contribution >= 4 is 15.9 Å². The highest BCUT2D eigenvalue weighted by Gasteiger charge is 2.14. The summed E-state index contributed by atoms with van der Waals surface area (Å²) in [5, 5.41) is 9.23. The molecule has 0 aliphatic rings. The fourth-order valence-electron chi connectivity index (χ4n) is 2.35. The molecule has 3 N–H and O–H groups in total. The van der Waals surface area contributed by atoms with Gasteiger partial charge in [0.25, 0.3) is 5.91 Å². The number of H-pyrrole nitrogens is 1. The number of hydrogen-bond donors (Lipinski definition) is 3. The van der Waals surface area contributed by atoms with E-state index >= 15 is 0 Å². The molecule has 9 heteroatoms. The summed E-state index contributed by atoms with van der Waals surface area (Å²) in [6.07, 6.45) is 0. The number of rotatable bonds is 7. The van der Waals surface area contributed by atoms with Gasteiger partial charge < -0.3 is 5.32 Å². The third-order valence-corrected chi connectivity index (χ3v) is 5.20. The van der Waals surface area contributed by atoms with Crippen LogP contribution in [-0.4, -0.2) is 37.6 Å². The molecule has 0 aliphatic heterocycles. The molecule has 3 aromatic rings. The van der Waals surface area contributed by atoms with Crippen molar-refractivity contribution in [1.29, 1.82) is 0 Å². The lowest BCUT2D eigenvalue weighted by atomic mass is 10.1. The Balaban J connectivity index is 1.52. The Labute approximate surface area is 155 Å². The topological polar surface area (TPSA) is 104 Å². The number of carbonyl (C=O) groups excluding carboxylic acids is 1. The molecule has 3 rings (SSSR count). The summed E-state index contributed by atoms with van der Waals surface area (Å²) in [6, 6.07) is 15.2. The lowest BCUT2D eigenvalue weighted by Gasteiger charge is -2.07. The maximum Gasteiger partial charge on any atom is 0.269 e. The van der Waals surface area contributed by atoms with E-state index in [-0.39, 0.29) is 29.5 Å². The Hall–Kier alpha value is -3.04. The van der Waals surface area contributed by atoms with Gasteiger partial charge >= 0.3 is 0 Å². The molecule has 0 aliphatic carbocycles. The number of nitrogens with zero attached hydrogens (tertiary/aromatic N) is 1. The number of carbonyl (C=O) groups is 1. The van der Waals surface area contributed by atoms with E-state index in [1.165, 1.54) is 30.3 Å². The second-order valence-electron chi connectivity index (χ2n) is 5.64. The maximum atomic E-state index is 13.0. The smallest absolute Gasteiger partial charge is 0.269 e. The number of hydrogen-bond acceptors (Lipinski definition) is 4. The second kappa shape index (κ2) is 8.11. The van der Waals surface area contributed by atoms with Crippen LogP contribution in [0.3, 0.4) is 0 Å². The standard InChI is InChI=1S/C18H17FN4O3S/c19-14-8-6-13(7-9-14)16-12-17(23-22-16)18(24)20-10-11-21-27(25,26)15-4-2-1-3-5-15/h1-9,12,21H,10-11H2,(H,20,24)(H,22,23). The van der Waals surface area contributed by atoms with Crippen molar-refractivity contribution in [3.8, 4) is 11.3 Å². The molecule has 0 unspecified atom stereocenters. The van der Waals surface area contributed by atoms with Gasteiger partial charge in [-0.05, 0) is 42.5 Å². The molecule has 0 bridgehead atoms. The van der Waals surface area contributed by atoms with Gasteiger partial charge in [-0.25, -0.2) is 17.5 Å². The van der Waals surface area contributed by atoms with Crippen molar-refractivity contribution in [2.45, 2.75) is 4.90 Å². The largest absolute Gasteiger partial charge is 0.349 e. The predicted octanol–water partition coefficient (Wildman–Crippen LogP) is 1.92. The third-order valence-electron chi connectivity index (χ3n) is 3.72. The highest BCUT2D eigenvalue weighted by atomic mass is 32.2. The van der Waals surface area contributed by atoms with E-state index in [0.29, 0.717) is 11.3 Å². The molecule has 1 heterocycles. The molecule has 140 valence electrons. The number of sulfonamides is 1. The average molecular weight is 388 g/mol. The first kappa shape index (κ1) is 18.7.